The monoisotopic (exact) mass is 274 g/mol. The smallest absolute Gasteiger partial charge is 0.246 e. The largest absolute Gasteiger partial charge is 0.345 e. The van der Waals surface area contributed by atoms with Crippen LogP contribution >= 0.6 is 0 Å². The van der Waals surface area contributed by atoms with Crippen molar-refractivity contribution in [1.82, 2.24) is 10.2 Å². The molecular formula is C16H22N2O2. The fourth-order valence-electron chi connectivity index (χ4n) is 2.65. The van der Waals surface area contributed by atoms with Crippen molar-refractivity contribution in [3.05, 3.63) is 35.9 Å². The topological polar surface area (TPSA) is 49.4 Å². The summed E-state index contributed by atoms with van der Waals surface area (Å²) >= 11 is 0. The Labute approximate surface area is 120 Å². The molecule has 1 aliphatic heterocycles. The van der Waals surface area contributed by atoms with Crippen LogP contribution in [-0.2, 0) is 16.0 Å². The van der Waals surface area contributed by atoms with Gasteiger partial charge in [-0.3, -0.25) is 9.59 Å². The van der Waals surface area contributed by atoms with Gasteiger partial charge in [-0.1, -0.05) is 37.3 Å². The van der Waals surface area contributed by atoms with E-state index in [4.69, 9.17) is 0 Å². The molecule has 1 aliphatic rings. The second-order valence-corrected chi connectivity index (χ2v) is 5.44. The summed E-state index contributed by atoms with van der Waals surface area (Å²) < 4.78 is 0. The number of piperazine rings is 1. The normalized spacial score (nSPS) is 22.8. The van der Waals surface area contributed by atoms with Crippen LogP contribution in [0, 0.1) is 0 Å². The number of aryl methyl sites for hydroxylation is 1. The summed E-state index contributed by atoms with van der Waals surface area (Å²) in [6, 6.07) is 10.2. The zero-order valence-electron chi connectivity index (χ0n) is 12.2. The van der Waals surface area contributed by atoms with E-state index in [1.54, 1.807) is 4.90 Å². The van der Waals surface area contributed by atoms with E-state index in [2.05, 4.69) is 17.4 Å². The van der Waals surface area contributed by atoms with Gasteiger partial charge in [-0.15, -0.1) is 0 Å². The number of carbonyl (C=O) groups excluding carboxylic acids is 2. The van der Waals surface area contributed by atoms with Gasteiger partial charge in [0.1, 0.15) is 5.54 Å². The Bertz CT molecular complexity index is 487. The molecule has 0 spiro atoms. The highest BCUT2D eigenvalue weighted by Gasteiger charge is 2.43. The van der Waals surface area contributed by atoms with Crippen molar-refractivity contribution in [2.45, 2.75) is 38.6 Å². The average molecular weight is 274 g/mol. The Morgan fingerprint density at radius 2 is 1.95 bits per heavy atom. The van der Waals surface area contributed by atoms with E-state index in [1.165, 1.54) is 5.56 Å². The zero-order chi connectivity index (χ0) is 14.6. The first-order valence-electron chi connectivity index (χ1n) is 7.20. The van der Waals surface area contributed by atoms with Crippen LogP contribution in [0.3, 0.4) is 0 Å². The molecule has 2 rings (SSSR count). The lowest BCUT2D eigenvalue weighted by molar-refractivity contribution is -0.152. The number of amides is 2. The van der Waals surface area contributed by atoms with Crippen LogP contribution in [0.1, 0.15) is 32.3 Å². The van der Waals surface area contributed by atoms with Crippen LogP contribution in [0.5, 0.6) is 0 Å². The Kier molecular flexibility index (Phi) is 4.42. The van der Waals surface area contributed by atoms with Gasteiger partial charge in [-0.2, -0.15) is 0 Å². The number of benzene rings is 1. The molecule has 4 heteroatoms. The molecule has 1 atom stereocenters. The lowest BCUT2D eigenvalue weighted by Gasteiger charge is -2.43. The standard InChI is InChI=1S/C16H22N2O2/c1-3-16(2)15(20)17-12-14(19)18(16)11-7-10-13-8-5-4-6-9-13/h4-6,8-9H,3,7,10-12H2,1-2H3,(H,17,20). The Hall–Kier alpha value is -1.84. The maximum absolute atomic E-state index is 12.1. The molecule has 0 radical (unpaired) electrons. The first-order chi connectivity index (χ1) is 9.58. The summed E-state index contributed by atoms with van der Waals surface area (Å²) in [6.07, 6.45) is 2.43. The van der Waals surface area contributed by atoms with Crippen LogP contribution in [0.4, 0.5) is 0 Å². The van der Waals surface area contributed by atoms with E-state index < -0.39 is 5.54 Å². The molecule has 4 nitrogen and oxygen atoms in total. The minimum Gasteiger partial charge on any atom is -0.345 e. The van der Waals surface area contributed by atoms with Crippen LogP contribution in [0.25, 0.3) is 0 Å². The molecule has 2 amide bonds. The summed E-state index contributed by atoms with van der Waals surface area (Å²) in [5.41, 5.74) is 0.561. The van der Waals surface area contributed by atoms with Crippen LogP contribution in [0.15, 0.2) is 30.3 Å². The Balaban J connectivity index is 1.99. The molecule has 1 heterocycles. The van der Waals surface area contributed by atoms with E-state index in [-0.39, 0.29) is 18.4 Å². The summed E-state index contributed by atoms with van der Waals surface area (Å²) in [5, 5.41) is 2.68. The van der Waals surface area contributed by atoms with Gasteiger partial charge < -0.3 is 10.2 Å². The minimum absolute atomic E-state index is 0.0158. The van der Waals surface area contributed by atoms with Crippen molar-refractivity contribution in [2.75, 3.05) is 13.1 Å². The fraction of sp³-hybridized carbons (Fsp3) is 0.500. The van der Waals surface area contributed by atoms with Gasteiger partial charge in [0.15, 0.2) is 0 Å². The molecule has 0 bridgehead atoms. The summed E-state index contributed by atoms with van der Waals surface area (Å²) in [4.78, 5) is 25.8. The van der Waals surface area contributed by atoms with E-state index in [9.17, 15) is 9.59 Å². The Morgan fingerprint density at radius 1 is 1.25 bits per heavy atom. The van der Waals surface area contributed by atoms with Gasteiger partial charge in [0.05, 0.1) is 6.54 Å². The second-order valence-electron chi connectivity index (χ2n) is 5.44. The van der Waals surface area contributed by atoms with Gasteiger partial charge in [-0.25, -0.2) is 0 Å². The van der Waals surface area contributed by atoms with Gasteiger partial charge in [0.25, 0.3) is 0 Å². The quantitative estimate of drug-likeness (QED) is 0.889. The summed E-state index contributed by atoms with van der Waals surface area (Å²) in [5.74, 6) is -0.0266. The van der Waals surface area contributed by atoms with Crippen molar-refractivity contribution in [1.29, 1.82) is 0 Å². The highest BCUT2D eigenvalue weighted by molar-refractivity contribution is 5.97. The van der Waals surface area contributed by atoms with Crippen molar-refractivity contribution >= 4 is 11.8 Å². The maximum Gasteiger partial charge on any atom is 0.246 e. The highest BCUT2D eigenvalue weighted by Crippen LogP contribution is 2.23. The molecule has 1 fully saturated rings. The third-order valence-electron chi connectivity index (χ3n) is 4.16. The first kappa shape index (κ1) is 14.6. The molecule has 1 saturated heterocycles. The molecule has 0 aromatic heterocycles. The number of hydrogen-bond donors (Lipinski definition) is 1. The molecule has 1 aromatic carbocycles. The average Bonchev–Trinajstić information content (AvgIpc) is 2.48. The summed E-state index contributed by atoms with van der Waals surface area (Å²) in [6.45, 7) is 4.55. The van der Waals surface area contributed by atoms with Crippen LogP contribution in [-0.4, -0.2) is 35.3 Å². The predicted octanol–water partition coefficient (Wildman–Crippen LogP) is 1.75. The molecule has 0 aliphatic carbocycles. The molecular weight excluding hydrogens is 252 g/mol. The first-order valence-corrected chi connectivity index (χ1v) is 7.20. The van der Waals surface area contributed by atoms with E-state index in [0.717, 1.165) is 12.8 Å². The lowest BCUT2D eigenvalue weighted by Crippen LogP contribution is -2.65. The second kappa shape index (κ2) is 6.07. The highest BCUT2D eigenvalue weighted by atomic mass is 16.2. The van der Waals surface area contributed by atoms with E-state index in [1.807, 2.05) is 32.0 Å². The number of hydrogen-bond acceptors (Lipinski definition) is 2. The maximum atomic E-state index is 12.1. The van der Waals surface area contributed by atoms with Crippen molar-refractivity contribution in [3.63, 3.8) is 0 Å². The van der Waals surface area contributed by atoms with Crippen LogP contribution in [0.2, 0.25) is 0 Å². The molecule has 20 heavy (non-hydrogen) atoms. The van der Waals surface area contributed by atoms with Gasteiger partial charge in [-0.05, 0) is 31.7 Å². The number of nitrogens with one attached hydrogen (secondary N) is 1. The van der Waals surface area contributed by atoms with E-state index >= 15 is 0 Å². The lowest BCUT2D eigenvalue weighted by atomic mass is 9.92. The number of rotatable bonds is 5. The molecule has 108 valence electrons. The van der Waals surface area contributed by atoms with Gasteiger partial charge in [0.2, 0.25) is 11.8 Å². The molecule has 1 N–H and O–H groups in total. The molecule has 0 saturated carbocycles. The van der Waals surface area contributed by atoms with Crippen molar-refractivity contribution < 1.29 is 9.59 Å². The third-order valence-corrected chi connectivity index (χ3v) is 4.16. The number of carbonyl (C=O) groups is 2. The molecule has 1 aromatic rings. The third kappa shape index (κ3) is 2.84. The van der Waals surface area contributed by atoms with Crippen molar-refractivity contribution in [2.24, 2.45) is 0 Å². The fourth-order valence-corrected chi connectivity index (χ4v) is 2.65. The van der Waals surface area contributed by atoms with Crippen LogP contribution < -0.4 is 5.32 Å². The van der Waals surface area contributed by atoms with Crippen molar-refractivity contribution in [3.8, 4) is 0 Å². The Morgan fingerprint density at radius 3 is 2.60 bits per heavy atom. The summed E-state index contributed by atoms with van der Waals surface area (Å²) in [7, 11) is 0. The van der Waals surface area contributed by atoms with Gasteiger partial charge >= 0.3 is 0 Å². The van der Waals surface area contributed by atoms with E-state index in [0.29, 0.717) is 13.0 Å². The van der Waals surface area contributed by atoms with Gasteiger partial charge in [0, 0.05) is 6.54 Å². The molecule has 1 unspecified atom stereocenters. The SMILES string of the molecule is CCC1(C)C(=O)NCC(=O)N1CCCc1ccccc1. The predicted molar refractivity (Wildman–Crippen MR) is 78.2 cm³/mol. The minimum atomic E-state index is -0.702. The number of nitrogens with zero attached hydrogens (tertiary/aromatic N) is 1. The zero-order valence-corrected chi connectivity index (χ0v) is 12.2.